The van der Waals surface area contributed by atoms with E-state index >= 15 is 0 Å². The summed E-state index contributed by atoms with van der Waals surface area (Å²) < 4.78 is 31.9. The molecule has 0 aromatic carbocycles. The Kier molecular flexibility index (Phi) is 3.79. The molecule has 1 amide bonds. The van der Waals surface area contributed by atoms with Crippen LogP contribution in [0.15, 0.2) is 21.6 Å². The Hall–Kier alpha value is -1.34. The van der Waals surface area contributed by atoms with Crippen LogP contribution in [0.1, 0.15) is 49.6 Å². The van der Waals surface area contributed by atoms with Crippen LogP contribution >= 0.6 is 0 Å². The zero-order valence-electron chi connectivity index (χ0n) is 12.0. The van der Waals surface area contributed by atoms with Crippen LogP contribution in [-0.4, -0.2) is 37.9 Å². The van der Waals surface area contributed by atoms with E-state index in [0.29, 0.717) is 6.54 Å². The summed E-state index contributed by atoms with van der Waals surface area (Å²) in [6.45, 7) is 2.70. The van der Waals surface area contributed by atoms with Crippen LogP contribution in [0, 0.1) is 0 Å². The summed E-state index contributed by atoms with van der Waals surface area (Å²) in [5, 5.41) is -0.178. The smallest absolute Gasteiger partial charge is 0.289 e. The molecule has 1 saturated carbocycles. The second kappa shape index (κ2) is 5.46. The minimum atomic E-state index is -3.64. The maximum Gasteiger partial charge on any atom is 0.289 e. The normalized spacial score (nSPS) is 23.3. The van der Waals surface area contributed by atoms with Gasteiger partial charge in [0.15, 0.2) is 5.76 Å². The van der Waals surface area contributed by atoms with Crippen molar-refractivity contribution in [2.45, 2.75) is 56.2 Å². The molecule has 0 radical (unpaired) electrons. The van der Waals surface area contributed by atoms with E-state index in [1.54, 1.807) is 4.90 Å². The molecule has 2 aliphatic rings. The van der Waals surface area contributed by atoms with Crippen LogP contribution in [0.5, 0.6) is 0 Å². The molecule has 116 valence electrons. The van der Waals surface area contributed by atoms with Crippen molar-refractivity contribution in [3.05, 3.63) is 17.9 Å². The Bertz CT molecular complexity index is 633. The summed E-state index contributed by atoms with van der Waals surface area (Å²) in [7, 11) is -3.64. The Morgan fingerprint density at radius 1 is 1.29 bits per heavy atom. The van der Waals surface area contributed by atoms with Crippen molar-refractivity contribution in [1.29, 1.82) is 0 Å². The predicted octanol–water partition coefficient (Wildman–Crippen LogP) is 1.73. The van der Waals surface area contributed by atoms with E-state index in [0.717, 1.165) is 32.1 Å². The molecule has 21 heavy (non-hydrogen) atoms. The van der Waals surface area contributed by atoms with E-state index in [1.807, 2.05) is 6.92 Å². The van der Waals surface area contributed by atoms with Crippen molar-refractivity contribution in [3.63, 3.8) is 0 Å². The number of likely N-dealkylation sites (tertiary alicyclic amines) is 1. The lowest BCUT2D eigenvalue weighted by Crippen LogP contribution is -2.41. The molecule has 7 heteroatoms. The fourth-order valence-electron chi connectivity index (χ4n) is 2.60. The molecule has 1 aromatic rings. The van der Waals surface area contributed by atoms with Gasteiger partial charge in [0, 0.05) is 18.6 Å². The maximum atomic E-state index is 12.4. The molecule has 1 aliphatic carbocycles. The Balaban J connectivity index is 1.76. The average molecular weight is 312 g/mol. The monoisotopic (exact) mass is 312 g/mol. The van der Waals surface area contributed by atoms with Gasteiger partial charge in [-0.3, -0.25) is 4.79 Å². The number of carbonyl (C=O) groups is 1. The highest BCUT2D eigenvalue weighted by atomic mass is 32.2. The van der Waals surface area contributed by atoms with Crippen molar-refractivity contribution >= 4 is 15.9 Å². The molecular formula is C14H20N2O4S. The van der Waals surface area contributed by atoms with Gasteiger partial charge in [-0.1, -0.05) is 0 Å². The quantitative estimate of drug-likeness (QED) is 0.918. The second-order valence-corrected chi connectivity index (χ2v) is 7.50. The van der Waals surface area contributed by atoms with Crippen LogP contribution in [0.3, 0.4) is 0 Å². The molecule has 2 heterocycles. The molecule has 1 atom stereocenters. The number of carbonyl (C=O) groups excluding carboxylic acids is 1. The largest absolute Gasteiger partial charge is 0.438 e. The molecule has 0 spiro atoms. The summed E-state index contributed by atoms with van der Waals surface area (Å²) in [4.78, 5) is 14.2. The minimum absolute atomic E-state index is 0.0152. The molecule has 3 rings (SSSR count). The van der Waals surface area contributed by atoms with Gasteiger partial charge < -0.3 is 9.32 Å². The highest BCUT2D eigenvalue weighted by Crippen LogP contribution is 2.24. The van der Waals surface area contributed by atoms with E-state index in [-0.39, 0.29) is 28.8 Å². The fourth-order valence-corrected chi connectivity index (χ4v) is 3.84. The SMILES string of the molecule is C[C@H]1CCCCN1C(=O)c1ccc(S(=O)(=O)NC2CC2)o1. The molecule has 1 aliphatic heterocycles. The molecule has 1 aromatic heterocycles. The summed E-state index contributed by atoms with van der Waals surface area (Å²) >= 11 is 0. The van der Waals surface area contributed by atoms with Crippen LogP contribution in [0.4, 0.5) is 0 Å². The fraction of sp³-hybridized carbons (Fsp3) is 0.643. The van der Waals surface area contributed by atoms with E-state index in [4.69, 9.17) is 4.42 Å². The van der Waals surface area contributed by atoms with Crippen molar-refractivity contribution in [1.82, 2.24) is 9.62 Å². The minimum Gasteiger partial charge on any atom is -0.438 e. The summed E-state index contributed by atoms with van der Waals surface area (Å²) in [5.41, 5.74) is 0. The number of piperidine rings is 1. The molecule has 1 saturated heterocycles. The zero-order chi connectivity index (χ0) is 15.0. The first-order chi connectivity index (χ1) is 9.97. The summed E-state index contributed by atoms with van der Waals surface area (Å²) in [6, 6.07) is 2.99. The predicted molar refractivity (Wildman–Crippen MR) is 76.4 cm³/mol. The zero-order valence-corrected chi connectivity index (χ0v) is 12.9. The topological polar surface area (TPSA) is 79.6 Å². The van der Waals surface area contributed by atoms with Crippen molar-refractivity contribution < 1.29 is 17.6 Å². The van der Waals surface area contributed by atoms with E-state index in [2.05, 4.69) is 4.72 Å². The first-order valence-corrected chi connectivity index (χ1v) is 8.89. The maximum absolute atomic E-state index is 12.4. The van der Waals surface area contributed by atoms with E-state index in [1.165, 1.54) is 12.1 Å². The van der Waals surface area contributed by atoms with Gasteiger partial charge in [0.2, 0.25) is 5.09 Å². The molecular weight excluding hydrogens is 292 g/mol. The molecule has 1 N–H and O–H groups in total. The van der Waals surface area contributed by atoms with E-state index in [9.17, 15) is 13.2 Å². The number of sulfonamides is 1. The van der Waals surface area contributed by atoms with Crippen LogP contribution in [-0.2, 0) is 10.0 Å². The Morgan fingerprint density at radius 3 is 2.71 bits per heavy atom. The third kappa shape index (κ3) is 3.13. The van der Waals surface area contributed by atoms with Gasteiger partial charge in [0.1, 0.15) is 0 Å². The lowest BCUT2D eigenvalue weighted by atomic mass is 10.0. The van der Waals surface area contributed by atoms with Gasteiger partial charge in [-0.15, -0.1) is 0 Å². The van der Waals surface area contributed by atoms with Crippen molar-refractivity contribution in [2.75, 3.05) is 6.54 Å². The van der Waals surface area contributed by atoms with Crippen LogP contribution < -0.4 is 4.72 Å². The number of rotatable bonds is 4. The van der Waals surface area contributed by atoms with Crippen molar-refractivity contribution in [2.24, 2.45) is 0 Å². The number of hydrogen-bond acceptors (Lipinski definition) is 4. The Labute approximate surface area is 124 Å². The highest BCUT2D eigenvalue weighted by Gasteiger charge is 2.31. The van der Waals surface area contributed by atoms with Crippen LogP contribution in [0.2, 0.25) is 0 Å². The number of amides is 1. The summed E-state index contributed by atoms with van der Waals surface area (Å²) in [5.74, 6) is -0.130. The van der Waals surface area contributed by atoms with Gasteiger partial charge in [-0.2, -0.15) is 0 Å². The Morgan fingerprint density at radius 2 is 2.05 bits per heavy atom. The third-order valence-corrected chi connectivity index (χ3v) is 5.41. The number of hydrogen-bond donors (Lipinski definition) is 1. The van der Waals surface area contributed by atoms with Gasteiger partial charge in [-0.05, 0) is 51.2 Å². The third-order valence-electron chi connectivity index (χ3n) is 4.02. The first kappa shape index (κ1) is 14.6. The van der Waals surface area contributed by atoms with Gasteiger partial charge in [0.25, 0.3) is 15.9 Å². The standard InChI is InChI=1S/C14H20N2O4S/c1-10-4-2-3-9-16(10)14(17)12-7-8-13(20-12)21(18,19)15-11-5-6-11/h7-8,10-11,15H,2-6,9H2,1H3/t10-/m0/s1. The molecule has 6 nitrogen and oxygen atoms in total. The molecule has 0 unspecified atom stereocenters. The molecule has 0 bridgehead atoms. The van der Waals surface area contributed by atoms with Gasteiger partial charge in [0.05, 0.1) is 0 Å². The second-order valence-electron chi connectivity index (χ2n) is 5.86. The number of nitrogens with one attached hydrogen (secondary N) is 1. The average Bonchev–Trinajstić information content (AvgIpc) is 3.08. The lowest BCUT2D eigenvalue weighted by molar-refractivity contribution is 0.0597. The lowest BCUT2D eigenvalue weighted by Gasteiger charge is -2.32. The number of nitrogens with zero attached hydrogens (tertiary/aromatic N) is 1. The van der Waals surface area contributed by atoms with Crippen LogP contribution in [0.25, 0.3) is 0 Å². The summed E-state index contributed by atoms with van der Waals surface area (Å²) in [6.07, 6.45) is 4.79. The molecule has 2 fully saturated rings. The van der Waals surface area contributed by atoms with E-state index < -0.39 is 10.0 Å². The van der Waals surface area contributed by atoms with Gasteiger partial charge >= 0.3 is 0 Å². The first-order valence-electron chi connectivity index (χ1n) is 7.40. The van der Waals surface area contributed by atoms with Gasteiger partial charge in [-0.25, -0.2) is 13.1 Å². The van der Waals surface area contributed by atoms with Crippen molar-refractivity contribution in [3.8, 4) is 0 Å². The highest BCUT2D eigenvalue weighted by molar-refractivity contribution is 7.89. The number of furan rings is 1.